The van der Waals surface area contributed by atoms with Gasteiger partial charge < -0.3 is 4.74 Å². The third-order valence-corrected chi connectivity index (χ3v) is 3.44. The molecule has 0 unspecified atom stereocenters. The number of rotatable bonds is 4. The smallest absolute Gasteiger partial charge is 0.137 e. The molecule has 1 aromatic heterocycles. The first-order chi connectivity index (χ1) is 9.47. The molecule has 2 aromatic rings. The maximum atomic E-state index is 6.28. The molecule has 0 bridgehead atoms. The molecule has 3 heteroatoms. The minimum atomic E-state index is 0.0934. The van der Waals surface area contributed by atoms with Crippen LogP contribution in [0.25, 0.3) is 0 Å². The zero-order chi connectivity index (χ0) is 14.6. The number of benzene rings is 1. The van der Waals surface area contributed by atoms with Crippen LogP contribution in [-0.2, 0) is 11.8 Å². The van der Waals surface area contributed by atoms with Crippen molar-refractivity contribution in [1.82, 2.24) is 4.98 Å². The number of ether oxygens (including phenoxy) is 1. The van der Waals surface area contributed by atoms with Gasteiger partial charge in [-0.05, 0) is 35.2 Å². The van der Waals surface area contributed by atoms with Crippen molar-refractivity contribution in [3.63, 3.8) is 0 Å². The summed E-state index contributed by atoms with van der Waals surface area (Å²) in [4.78, 5) is 4.27. The molecule has 0 aliphatic heterocycles. The van der Waals surface area contributed by atoms with Gasteiger partial charge in [0.2, 0.25) is 0 Å². The van der Waals surface area contributed by atoms with Gasteiger partial charge in [-0.15, -0.1) is 0 Å². The molecule has 0 N–H and O–H groups in total. The van der Waals surface area contributed by atoms with Crippen molar-refractivity contribution >= 4 is 11.6 Å². The van der Waals surface area contributed by atoms with Crippen molar-refractivity contribution in [2.75, 3.05) is 6.61 Å². The molecule has 2 nitrogen and oxygen atoms in total. The Morgan fingerprint density at radius 1 is 1.15 bits per heavy atom. The molecule has 1 heterocycles. The number of hydrogen-bond donors (Lipinski definition) is 0. The van der Waals surface area contributed by atoms with Crippen molar-refractivity contribution in [1.29, 1.82) is 0 Å². The van der Waals surface area contributed by atoms with Gasteiger partial charge in [-0.3, -0.25) is 4.98 Å². The summed E-state index contributed by atoms with van der Waals surface area (Å²) in [5.41, 5.74) is 2.32. The van der Waals surface area contributed by atoms with Crippen LogP contribution in [-0.4, -0.2) is 11.6 Å². The summed E-state index contributed by atoms with van der Waals surface area (Å²) in [5, 5.41) is 0.665. The van der Waals surface area contributed by atoms with Crippen LogP contribution in [0.3, 0.4) is 0 Å². The Kier molecular flexibility index (Phi) is 4.66. The zero-order valence-electron chi connectivity index (χ0n) is 12.2. The number of hydrogen-bond acceptors (Lipinski definition) is 2. The van der Waals surface area contributed by atoms with E-state index in [-0.39, 0.29) is 5.41 Å². The lowest BCUT2D eigenvalue weighted by Gasteiger charge is -2.20. The summed E-state index contributed by atoms with van der Waals surface area (Å²) in [6.45, 7) is 7.08. The lowest BCUT2D eigenvalue weighted by molar-refractivity contribution is 0.320. The molecule has 0 spiro atoms. The fraction of sp³-hybridized carbons (Fsp3) is 0.353. The molecule has 20 heavy (non-hydrogen) atoms. The van der Waals surface area contributed by atoms with Crippen LogP contribution in [0.1, 0.15) is 32.0 Å². The molecule has 106 valence electrons. The quantitative estimate of drug-likeness (QED) is 0.817. The topological polar surface area (TPSA) is 22.1 Å². The highest BCUT2D eigenvalue weighted by molar-refractivity contribution is 6.32. The molecule has 0 atom stereocenters. The molecule has 0 radical (unpaired) electrons. The largest absolute Gasteiger partial charge is 0.492 e. The maximum Gasteiger partial charge on any atom is 0.137 e. The maximum absolute atomic E-state index is 6.28. The molecule has 0 saturated heterocycles. The Morgan fingerprint density at radius 2 is 1.95 bits per heavy atom. The number of aromatic nitrogens is 1. The van der Waals surface area contributed by atoms with E-state index in [9.17, 15) is 0 Å². The molecule has 1 aromatic carbocycles. The highest BCUT2D eigenvalue weighted by Crippen LogP contribution is 2.31. The van der Waals surface area contributed by atoms with Crippen LogP contribution in [0.2, 0.25) is 5.02 Å². The number of nitrogens with zero attached hydrogens (tertiary/aromatic N) is 1. The van der Waals surface area contributed by atoms with Crippen molar-refractivity contribution in [3.8, 4) is 5.75 Å². The molecule has 0 aliphatic carbocycles. The monoisotopic (exact) mass is 289 g/mol. The van der Waals surface area contributed by atoms with Crippen LogP contribution in [0.4, 0.5) is 0 Å². The van der Waals surface area contributed by atoms with E-state index in [1.54, 1.807) is 6.20 Å². The first-order valence-electron chi connectivity index (χ1n) is 6.79. The van der Waals surface area contributed by atoms with Crippen LogP contribution in [0.5, 0.6) is 5.75 Å². The Bertz CT molecular complexity index is 561. The molecule has 2 rings (SSSR count). The Hall–Kier alpha value is -1.54. The highest BCUT2D eigenvalue weighted by atomic mass is 35.5. The van der Waals surface area contributed by atoms with E-state index in [0.717, 1.165) is 17.9 Å². The molecular weight excluding hydrogens is 270 g/mol. The van der Waals surface area contributed by atoms with E-state index in [4.69, 9.17) is 16.3 Å². The summed E-state index contributed by atoms with van der Waals surface area (Å²) in [5.74, 6) is 0.732. The lowest BCUT2D eigenvalue weighted by atomic mass is 9.87. The van der Waals surface area contributed by atoms with Gasteiger partial charge in [0.25, 0.3) is 0 Å². The summed E-state index contributed by atoms with van der Waals surface area (Å²) in [7, 11) is 0. The van der Waals surface area contributed by atoms with Crippen molar-refractivity contribution < 1.29 is 4.74 Å². The first-order valence-corrected chi connectivity index (χ1v) is 7.17. The van der Waals surface area contributed by atoms with Gasteiger partial charge in [0.1, 0.15) is 5.75 Å². The fourth-order valence-electron chi connectivity index (χ4n) is 1.90. The van der Waals surface area contributed by atoms with E-state index >= 15 is 0 Å². The van der Waals surface area contributed by atoms with Gasteiger partial charge in [-0.25, -0.2) is 0 Å². The molecule has 0 amide bonds. The number of pyridine rings is 1. The predicted molar refractivity (Wildman–Crippen MR) is 83.6 cm³/mol. The molecule has 0 fully saturated rings. The van der Waals surface area contributed by atoms with Gasteiger partial charge in [0.15, 0.2) is 0 Å². The second-order valence-electron chi connectivity index (χ2n) is 5.81. The van der Waals surface area contributed by atoms with Crippen molar-refractivity contribution in [2.24, 2.45) is 0 Å². The summed E-state index contributed by atoms with van der Waals surface area (Å²) >= 11 is 6.28. The Balaban J connectivity index is 1.97. The first kappa shape index (κ1) is 14.9. The van der Waals surface area contributed by atoms with E-state index in [0.29, 0.717) is 11.6 Å². The molecule has 0 aliphatic rings. The average Bonchev–Trinajstić information content (AvgIpc) is 2.40. The fourth-order valence-corrected chi connectivity index (χ4v) is 2.13. The third-order valence-electron chi connectivity index (χ3n) is 3.14. The van der Waals surface area contributed by atoms with Gasteiger partial charge in [0, 0.05) is 18.3 Å². The SMILES string of the molecule is CC(C)(C)c1ccc(OCCc2ccccn2)c(Cl)c1. The average molecular weight is 290 g/mol. The second-order valence-corrected chi connectivity index (χ2v) is 6.22. The zero-order valence-corrected chi connectivity index (χ0v) is 12.9. The summed E-state index contributed by atoms with van der Waals surface area (Å²) in [6, 6.07) is 11.9. The normalized spacial score (nSPS) is 11.4. The van der Waals surface area contributed by atoms with Crippen molar-refractivity contribution in [3.05, 3.63) is 58.9 Å². The predicted octanol–water partition coefficient (Wildman–Crippen LogP) is 4.65. The standard InChI is InChI=1S/C17H20ClNO/c1-17(2,3)13-7-8-16(15(18)12-13)20-11-9-14-6-4-5-10-19-14/h4-8,10,12H,9,11H2,1-3H3. The van der Waals surface area contributed by atoms with E-state index in [1.165, 1.54) is 5.56 Å². The molecular formula is C17H20ClNO. The van der Waals surface area contributed by atoms with Crippen LogP contribution >= 0.6 is 11.6 Å². The van der Waals surface area contributed by atoms with Gasteiger partial charge in [-0.1, -0.05) is 44.5 Å². The summed E-state index contributed by atoms with van der Waals surface area (Å²) < 4.78 is 5.74. The minimum absolute atomic E-state index is 0.0934. The van der Waals surface area contributed by atoms with Crippen LogP contribution in [0, 0.1) is 0 Å². The third kappa shape index (κ3) is 3.97. The van der Waals surface area contributed by atoms with Gasteiger partial charge in [0.05, 0.1) is 11.6 Å². The lowest BCUT2D eigenvalue weighted by Crippen LogP contribution is -2.11. The Morgan fingerprint density at radius 3 is 2.55 bits per heavy atom. The summed E-state index contributed by atoms with van der Waals surface area (Å²) in [6.07, 6.45) is 2.57. The van der Waals surface area contributed by atoms with Crippen molar-refractivity contribution in [2.45, 2.75) is 32.6 Å². The van der Waals surface area contributed by atoms with E-state index < -0.39 is 0 Å². The van der Waals surface area contributed by atoms with Crippen LogP contribution in [0.15, 0.2) is 42.6 Å². The second kappa shape index (κ2) is 6.27. The van der Waals surface area contributed by atoms with E-state index in [2.05, 4.69) is 31.8 Å². The highest BCUT2D eigenvalue weighted by Gasteiger charge is 2.15. The Labute approximate surface area is 125 Å². The van der Waals surface area contributed by atoms with Gasteiger partial charge in [-0.2, -0.15) is 0 Å². The van der Waals surface area contributed by atoms with Crippen LogP contribution < -0.4 is 4.74 Å². The minimum Gasteiger partial charge on any atom is -0.492 e. The number of halogens is 1. The molecule has 0 saturated carbocycles. The van der Waals surface area contributed by atoms with E-state index in [1.807, 2.05) is 30.3 Å². The van der Waals surface area contributed by atoms with Gasteiger partial charge >= 0.3 is 0 Å².